The molecule has 0 radical (unpaired) electrons. The van der Waals surface area contributed by atoms with Gasteiger partial charge in [-0.3, -0.25) is 0 Å². The Kier molecular flexibility index (Phi) is 6.67. The van der Waals surface area contributed by atoms with Crippen LogP contribution in [0.1, 0.15) is 49.8 Å². The summed E-state index contributed by atoms with van der Waals surface area (Å²) in [6.45, 7) is 5.05. The molecular formula is C16H26ClNO. The van der Waals surface area contributed by atoms with Crippen molar-refractivity contribution in [1.82, 2.24) is 0 Å². The van der Waals surface area contributed by atoms with Gasteiger partial charge < -0.3 is 10.5 Å². The van der Waals surface area contributed by atoms with E-state index in [1.165, 1.54) is 42.4 Å². The van der Waals surface area contributed by atoms with E-state index in [2.05, 4.69) is 26.0 Å². The molecule has 1 aliphatic rings. The minimum atomic E-state index is 0. The minimum Gasteiger partial charge on any atom is -0.493 e. The van der Waals surface area contributed by atoms with Crippen molar-refractivity contribution in [1.29, 1.82) is 0 Å². The Bertz CT molecular complexity index is 404. The molecule has 0 spiro atoms. The first-order valence-electron chi connectivity index (χ1n) is 7.24. The van der Waals surface area contributed by atoms with Gasteiger partial charge in [0.1, 0.15) is 5.75 Å². The second kappa shape index (κ2) is 7.76. The van der Waals surface area contributed by atoms with E-state index in [0.29, 0.717) is 0 Å². The van der Waals surface area contributed by atoms with Gasteiger partial charge in [-0.25, -0.2) is 0 Å². The molecule has 2 N–H and O–H groups in total. The maximum Gasteiger partial charge on any atom is 0.122 e. The summed E-state index contributed by atoms with van der Waals surface area (Å²) in [6.07, 6.45) is 7.00. The molecule has 0 fully saturated rings. The number of fused-ring (bicyclic) bond motifs is 1. The second-order valence-corrected chi connectivity index (χ2v) is 5.42. The zero-order valence-electron chi connectivity index (χ0n) is 12.1. The van der Waals surface area contributed by atoms with Crippen molar-refractivity contribution in [2.75, 3.05) is 6.61 Å². The Morgan fingerprint density at radius 3 is 2.53 bits per heavy atom. The Balaban J connectivity index is 0.00000180. The molecule has 2 rings (SSSR count). The number of hydrogen-bond acceptors (Lipinski definition) is 2. The Morgan fingerprint density at radius 2 is 1.89 bits per heavy atom. The third kappa shape index (κ3) is 4.12. The van der Waals surface area contributed by atoms with Crippen LogP contribution < -0.4 is 10.5 Å². The molecule has 0 bridgehead atoms. The maximum atomic E-state index is 5.94. The number of nitrogens with two attached hydrogens (primary N) is 1. The highest BCUT2D eigenvalue weighted by Crippen LogP contribution is 2.32. The highest BCUT2D eigenvalue weighted by Gasteiger charge is 2.18. The van der Waals surface area contributed by atoms with Crippen LogP contribution in [0, 0.1) is 0 Å². The third-order valence-corrected chi connectivity index (χ3v) is 3.59. The number of ether oxygens (including phenoxy) is 1. The molecule has 1 unspecified atom stereocenters. The van der Waals surface area contributed by atoms with Gasteiger partial charge in [-0.2, -0.15) is 0 Å². The first-order valence-corrected chi connectivity index (χ1v) is 7.24. The van der Waals surface area contributed by atoms with Gasteiger partial charge in [0, 0.05) is 6.04 Å². The molecule has 0 saturated heterocycles. The first kappa shape index (κ1) is 16.3. The van der Waals surface area contributed by atoms with Crippen molar-refractivity contribution in [3.05, 3.63) is 28.8 Å². The highest BCUT2D eigenvalue weighted by atomic mass is 35.5. The monoisotopic (exact) mass is 283 g/mol. The van der Waals surface area contributed by atoms with E-state index in [0.717, 1.165) is 25.2 Å². The van der Waals surface area contributed by atoms with Crippen molar-refractivity contribution in [3.63, 3.8) is 0 Å². The molecule has 0 aromatic heterocycles. The summed E-state index contributed by atoms with van der Waals surface area (Å²) in [7, 11) is 0. The van der Waals surface area contributed by atoms with Crippen LogP contribution in [-0.2, 0) is 19.3 Å². The molecule has 19 heavy (non-hydrogen) atoms. The normalized spacial score (nSPS) is 15.3. The third-order valence-electron chi connectivity index (χ3n) is 3.59. The lowest BCUT2D eigenvalue weighted by Gasteiger charge is -2.23. The summed E-state index contributed by atoms with van der Waals surface area (Å²) in [4.78, 5) is 0. The van der Waals surface area contributed by atoms with Crippen LogP contribution in [0.5, 0.6) is 5.75 Å². The maximum absolute atomic E-state index is 5.94. The fourth-order valence-electron chi connectivity index (χ4n) is 2.79. The van der Waals surface area contributed by atoms with Gasteiger partial charge in [0.2, 0.25) is 0 Å². The van der Waals surface area contributed by atoms with E-state index in [1.807, 2.05) is 0 Å². The Morgan fingerprint density at radius 1 is 1.21 bits per heavy atom. The SMILES string of the molecule is CCCOc1ccc(CC(C)N)c2c1CCCC2.Cl. The largest absolute Gasteiger partial charge is 0.493 e. The van der Waals surface area contributed by atoms with Crippen molar-refractivity contribution in [2.45, 2.75) is 58.4 Å². The molecule has 2 nitrogen and oxygen atoms in total. The molecule has 1 aromatic rings. The average Bonchev–Trinajstić information content (AvgIpc) is 2.37. The predicted molar refractivity (Wildman–Crippen MR) is 83.5 cm³/mol. The molecule has 3 heteroatoms. The fraction of sp³-hybridized carbons (Fsp3) is 0.625. The van der Waals surface area contributed by atoms with Gasteiger partial charge in [-0.15, -0.1) is 12.4 Å². The van der Waals surface area contributed by atoms with Crippen LogP contribution >= 0.6 is 12.4 Å². The lowest BCUT2D eigenvalue weighted by molar-refractivity contribution is 0.312. The molecule has 0 aliphatic heterocycles. The van der Waals surface area contributed by atoms with Gasteiger partial charge in [0.05, 0.1) is 6.61 Å². The van der Waals surface area contributed by atoms with Crippen LogP contribution in [0.25, 0.3) is 0 Å². The Labute approximate surface area is 123 Å². The molecule has 0 amide bonds. The van der Waals surface area contributed by atoms with Crippen molar-refractivity contribution in [3.8, 4) is 5.75 Å². The smallest absolute Gasteiger partial charge is 0.122 e. The predicted octanol–water partition coefficient (Wildman–Crippen LogP) is 3.67. The van der Waals surface area contributed by atoms with E-state index >= 15 is 0 Å². The summed E-state index contributed by atoms with van der Waals surface area (Å²) < 4.78 is 5.88. The van der Waals surface area contributed by atoms with Gasteiger partial charge in [-0.1, -0.05) is 13.0 Å². The minimum absolute atomic E-state index is 0. The van der Waals surface area contributed by atoms with E-state index in [9.17, 15) is 0 Å². The van der Waals surface area contributed by atoms with Crippen LogP contribution in [0.3, 0.4) is 0 Å². The molecule has 1 aromatic carbocycles. The number of halogens is 1. The number of rotatable bonds is 5. The van der Waals surface area contributed by atoms with Crippen molar-refractivity contribution in [2.24, 2.45) is 5.73 Å². The first-order chi connectivity index (χ1) is 8.72. The summed E-state index contributed by atoms with van der Waals surface area (Å²) in [5.74, 6) is 1.11. The van der Waals surface area contributed by atoms with Crippen LogP contribution in [0.15, 0.2) is 12.1 Å². The molecule has 0 saturated carbocycles. The molecule has 0 heterocycles. The van der Waals surface area contributed by atoms with Gasteiger partial charge in [-0.05, 0) is 68.2 Å². The number of hydrogen-bond donors (Lipinski definition) is 1. The highest BCUT2D eigenvalue weighted by molar-refractivity contribution is 5.85. The average molecular weight is 284 g/mol. The number of benzene rings is 1. The summed E-state index contributed by atoms with van der Waals surface area (Å²) in [5, 5.41) is 0. The van der Waals surface area contributed by atoms with E-state index < -0.39 is 0 Å². The van der Waals surface area contributed by atoms with Crippen molar-refractivity contribution >= 4 is 12.4 Å². The van der Waals surface area contributed by atoms with Gasteiger partial charge in [0.15, 0.2) is 0 Å². The second-order valence-electron chi connectivity index (χ2n) is 5.42. The van der Waals surface area contributed by atoms with Gasteiger partial charge >= 0.3 is 0 Å². The van der Waals surface area contributed by atoms with E-state index in [1.54, 1.807) is 0 Å². The van der Waals surface area contributed by atoms with Gasteiger partial charge in [0.25, 0.3) is 0 Å². The fourth-order valence-corrected chi connectivity index (χ4v) is 2.79. The molecule has 1 aliphatic carbocycles. The lowest BCUT2D eigenvalue weighted by atomic mass is 9.86. The summed E-state index contributed by atoms with van der Waals surface area (Å²) >= 11 is 0. The quantitative estimate of drug-likeness (QED) is 0.895. The zero-order valence-corrected chi connectivity index (χ0v) is 12.9. The standard InChI is InChI=1S/C16H25NO.ClH/c1-3-10-18-16-9-8-13(11-12(2)17)14-6-4-5-7-15(14)16;/h8-9,12H,3-7,10-11,17H2,1-2H3;1H. The van der Waals surface area contributed by atoms with Crippen LogP contribution in [0.2, 0.25) is 0 Å². The molecule has 108 valence electrons. The molecular weight excluding hydrogens is 258 g/mol. The topological polar surface area (TPSA) is 35.2 Å². The molecule has 1 atom stereocenters. The van der Waals surface area contributed by atoms with Crippen molar-refractivity contribution < 1.29 is 4.74 Å². The zero-order chi connectivity index (χ0) is 13.0. The van der Waals surface area contributed by atoms with E-state index in [-0.39, 0.29) is 18.4 Å². The van der Waals surface area contributed by atoms with Crippen LogP contribution in [0.4, 0.5) is 0 Å². The Hall–Kier alpha value is -0.730. The summed E-state index contributed by atoms with van der Waals surface area (Å²) in [5.41, 5.74) is 10.4. The summed E-state index contributed by atoms with van der Waals surface area (Å²) in [6, 6.07) is 4.61. The lowest BCUT2D eigenvalue weighted by Crippen LogP contribution is -2.20. The van der Waals surface area contributed by atoms with Crippen LogP contribution in [-0.4, -0.2) is 12.6 Å². The van der Waals surface area contributed by atoms with E-state index in [4.69, 9.17) is 10.5 Å².